The van der Waals surface area contributed by atoms with Crippen LogP contribution in [0.5, 0.6) is 0 Å². The Labute approximate surface area is 96.0 Å². The summed E-state index contributed by atoms with van der Waals surface area (Å²) in [6, 6.07) is 0.819. The van der Waals surface area contributed by atoms with E-state index in [1.165, 1.54) is 19.3 Å². The molecule has 2 aliphatic rings. The van der Waals surface area contributed by atoms with E-state index in [-0.39, 0.29) is 5.91 Å². The third-order valence-corrected chi connectivity index (χ3v) is 3.36. The summed E-state index contributed by atoms with van der Waals surface area (Å²) < 4.78 is 0. The number of rotatable bonds is 2. The van der Waals surface area contributed by atoms with Crippen molar-refractivity contribution in [2.75, 3.05) is 0 Å². The number of amides is 1. The van der Waals surface area contributed by atoms with Crippen molar-refractivity contribution >= 4 is 23.1 Å². The zero-order chi connectivity index (χ0) is 10.7. The quantitative estimate of drug-likeness (QED) is 0.701. The Balaban J connectivity index is 1.71. The van der Waals surface area contributed by atoms with Gasteiger partial charge in [-0.3, -0.25) is 4.79 Å². The van der Waals surface area contributed by atoms with Crippen molar-refractivity contribution in [2.45, 2.75) is 57.0 Å². The van der Waals surface area contributed by atoms with Gasteiger partial charge in [0, 0.05) is 12.1 Å². The van der Waals surface area contributed by atoms with Crippen molar-refractivity contribution in [1.29, 1.82) is 0 Å². The van der Waals surface area contributed by atoms with Crippen LogP contribution in [0, 0.1) is 0 Å². The largest absolute Gasteiger partial charge is 0.369 e. The van der Waals surface area contributed by atoms with Crippen LogP contribution in [0.25, 0.3) is 0 Å². The van der Waals surface area contributed by atoms with E-state index < -0.39 is 0 Å². The zero-order valence-electron chi connectivity index (χ0n) is 8.92. The molecule has 1 amide bonds. The summed E-state index contributed by atoms with van der Waals surface area (Å²) in [5.41, 5.74) is 0. The highest BCUT2D eigenvalue weighted by atomic mass is 32.1. The molecule has 3 nitrogen and oxygen atoms in total. The summed E-state index contributed by atoms with van der Waals surface area (Å²) in [7, 11) is 0. The predicted octanol–water partition coefficient (Wildman–Crippen LogP) is 1.51. The van der Waals surface area contributed by atoms with Crippen LogP contribution in [0.4, 0.5) is 0 Å². The normalized spacial score (nSPS) is 22.1. The van der Waals surface area contributed by atoms with Crippen LogP contribution in [0.1, 0.15) is 44.9 Å². The van der Waals surface area contributed by atoms with E-state index in [0.717, 1.165) is 25.7 Å². The number of thiocarbonyl (C=S) groups is 1. The summed E-state index contributed by atoms with van der Waals surface area (Å²) in [5, 5.41) is 6.07. The molecule has 0 radical (unpaired) electrons. The van der Waals surface area contributed by atoms with Crippen LogP contribution in [-0.4, -0.2) is 23.0 Å². The molecule has 0 saturated heterocycles. The Hall–Kier alpha value is -0.640. The summed E-state index contributed by atoms with van der Waals surface area (Å²) in [4.78, 5) is 12.0. The molecule has 2 fully saturated rings. The number of hydrogen-bond acceptors (Lipinski definition) is 2. The molecule has 0 aromatic carbocycles. The third kappa shape index (κ3) is 3.45. The maximum Gasteiger partial charge on any atom is 0.278 e. The molecule has 15 heavy (non-hydrogen) atoms. The molecule has 0 heterocycles. The van der Waals surface area contributed by atoms with E-state index in [1.54, 1.807) is 0 Å². The Morgan fingerprint density at radius 2 is 1.53 bits per heavy atom. The maximum absolute atomic E-state index is 11.7. The van der Waals surface area contributed by atoms with Crippen LogP contribution in [0.2, 0.25) is 0 Å². The summed E-state index contributed by atoms with van der Waals surface area (Å²) in [6.07, 6.45) is 8.28. The van der Waals surface area contributed by atoms with Gasteiger partial charge in [-0.05, 0) is 25.7 Å². The van der Waals surface area contributed by atoms with Gasteiger partial charge in [-0.1, -0.05) is 31.5 Å². The number of hydrogen-bond donors (Lipinski definition) is 2. The minimum absolute atomic E-state index is 0.0798. The second-order valence-electron chi connectivity index (χ2n) is 4.56. The first kappa shape index (κ1) is 10.9. The van der Waals surface area contributed by atoms with Crippen LogP contribution in [0.3, 0.4) is 0 Å². The van der Waals surface area contributed by atoms with Crippen molar-refractivity contribution in [3.63, 3.8) is 0 Å². The molecule has 0 bridgehead atoms. The highest BCUT2D eigenvalue weighted by molar-refractivity contribution is 7.82. The predicted molar refractivity (Wildman–Crippen MR) is 63.8 cm³/mol. The van der Waals surface area contributed by atoms with Gasteiger partial charge in [0.1, 0.15) is 0 Å². The molecule has 0 aliphatic heterocycles. The smallest absolute Gasteiger partial charge is 0.278 e. The molecule has 2 rings (SSSR count). The van der Waals surface area contributed by atoms with E-state index in [0.29, 0.717) is 17.1 Å². The Morgan fingerprint density at radius 3 is 2.13 bits per heavy atom. The molecule has 2 saturated carbocycles. The standard InChI is InChI=1S/C11H18N2OS/c14-10(11(15)13-9-6-7-9)12-8-4-2-1-3-5-8/h8-9H,1-7H2,(H,12,14)(H,13,15). The summed E-state index contributed by atoms with van der Waals surface area (Å²) in [5.74, 6) is -0.0798. The van der Waals surface area contributed by atoms with Crippen LogP contribution >= 0.6 is 12.2 Å². The third-order valence-electron chi connectivity index (χ3n) is 3.06. The molecular formula is C11H18N2OS. The molecule has 0 unspecified atom stereocenters. The molecule has 0 spiro atoms. The van der Waals surface area contributed by atoms with Gasteiger partial charge in [-0.2, -0.15) is 0 Å². The molecule has 2 N–H and O–H groups in total. The van der Waals surface area contributed by atoms with Crippen LogP contribution in [-0.2, 0) is 4.79 Å². The average Bonchev–Trinajstić information content (AvgIpc) is 3.03. The minimum atomic E-state index is -0.0798. The lowest BCUT2D eigenvalue weighted by molar-refractivity contribution is -0.115. The zero-order valence-corrected chi connectivity index (χ0v) is 9.74. The Bertz CT molecular complexity index is 257. The van der Waals surface area contributed by atoms with E-state index in [2.05, 4.69) is 10.6 Å². The van der Waals surface area contributed by atoms with Crippen molar-refractivity contribution in [2.24, 2.45) is 0 Å². The van der Waals surface area contributed by atoms with E-state index in [9.17, 15) is 4.79 Å². The van der Waals surface area contributed by atoms with Crippen molar-refractivity contribution < 1.29 is 4.79 Å². The number of carbonyl (C=O) groups excluding carboxylic acids is 1. The lowest BCUT2D eigenvalue weighted by Gasteiger charge is -2.22. The van der Waals surface area contributed by atoms with Gasteiger partial charge in [0.25, 0.3) is 5.91 Å². The van der Waals surface area contributed by atoms with Crippen LogP contribution < -0.4 is 10.6 Å². The monoisotopic (exact) mass is 226 g/mol. The average molecular weight is 226 g/mol. The van der Waals surface area contributed by atoms with Crippen molar-refractivity contribution in [3.05, 3.63) is 0 Å². The first-order valence-corrected chi connectivity index (χ1v) is 6.28. The first-order valence-electron chi connectivity index (χ1n) is 5.87. The van der Waals surface area contributed by atoms with Gasteiger partial charge in [0.05, 0.1) is 0 Å². The van der Waals surface area contributed by atoms with Crippen molar-refractivity contribution in [1.82, 2.24) is 10.6 Å². The Kier molecular flexibility index (Phi) is 3.57. The SMILES string of the molecule is O=C(NC1CCCCC1)C(=S)NC1CC1. The fourth-order valence-electron chi connectivity index (χ4n) is 1.98. The van der Waals surface area contributed by atoms with Gasteiger partial charge in [0.2, 0.25) is 0 Å². The summed E-state index contributed by atoms with van der Waals surface area (Å²) in [6.45, 7) is 0. The highest BCUT2D eigenvalue weighted by Crippen LogP contribution is 2.19. The Morgan fingerprint density at radius 1 is 0.933 bits per heavy atom. The second kappa shape index (κ2) is 4.92. The lowest BCUT2D eigenvalue weighted by Crippen LogP contribution is -2.44. The second-order valence-corrected chi connectivity index (χ2v) is 4.96. The fraction of sp³-hybridized carbons (Fsp3) is 0.818. The van der Waals surface area contributed by atoms with Crippen molar-refractivity contribution in [3.8, 4) is 0 Å². The minimum Gasteiger partial charge on any atom is -0.369 e. The molecule has 84 valence electrons. The number of nitrogens with one attached hydrogen (secondary N) is 2. The van der Waals surface area contributed by atoms with Gasteiger partial charge in [-0.25, -0.2) is 0 Å². The van der Waals surface area contributed by atoms with E-state index >= 15 is 0 Å². The molecule has 0 atom stereocenters. The molecular weight excluding hydrogens is 208 g/mol. The lowest BCUT2D eigenvalue weighted by atomic mass is 9.95. The van der Waals surface area contributed by atoms with Gasteiger partial charge >= 0.3 is 0 Å². The van der Waals surface area contributed by atoms with Gasteiger partial charge < -0.3 is 10.6 Å². The van der Waals surface area contributed by atoms with Gasteiger partial charge in [0.15, 0.2) is 4.99 Å². The molecule has 0 aromatic heterocycles. The highest BCUT2D eigenvalue weighted by Gasteiger charge is 2.25. The molecule has 4 heteroatoms. The van der Waals surface area contributed by atoms with Crippen LogP contribution in [0.15, 0.2) is 0 Å². The molecule has 0 aromatic rings. The summed E-state index contributed by atoms with van der Waals surface area (Å²) >= 11 is 5.04. The topological polar surface area (TPSA) is 41.1 Å². The first-order chi connectivity index (χ1) is 7.25. The fourth-order valence-corrected chi connectivity index (χ4v) is 2.20. The van der Waals surface area contributed by atoms with E-state index in [1.807, 2.05) is 0 Å². The van der Waals surface area contributed by atoms with Gasteiger partial charge in [-0.15, -0.1) is 0 Å². The molecule has 2 aliphatic carbocycles. The maximum atomic E-state index is 11.7. The number of carbonyl (C=O) groups is 1. The van der Waals surface area contributed by atoms with E-state index in [4.69, 9.17) is 12.2 Å².